The molecule has 0 aliphatic heterocycles. The van der Waals surface area contributed by atoms with Crippen LogP contribution in [-0.2, 0) is 0 Å². The molecule has 1 fully saturated rings. The highest BCUT2D eigenvalue weighted by molar-refractivity contribution is 6.06. The molecule has 2 aromatic carbocycles. The van der Waals surface area contributed by atoms with Gasteiger partial charge in [-0.25, -0.2) is 0 Å². The summed E-state index contributed by atoms with van der Waals surface area (Å²) in [4.78, 5) is 27.5. The van der Waals surface area contributed by atoms with Crippen LogP contribution in [0.25, 0.3) is 21.8 Å². The minimum absolute atomic E-state index is 0.0485. The van der Waals surface area contributed by atoms with E-state index < -0.39 is 11.1 Å². The van der Waals surface area contributed by atoms with Crippen LogP contribution >= 0.6 is 0 Å². The molecule has 1 N–H and O–H groups in total. The molecule has 1 aromatic heterocycles. The van der Waals surface area contributed by atoms with Crippen LogP contribution < -0.4 is 11.1 Å². The number of aromatic nitrogens is 2. The number of rotatable bonds is 1. The summed E-state index contributed by atoms with van der Waals surface area (Å²) in [5, 5.41) is 11.1. The first-order chi connectivity index (χ1) is 11.7. The van der Waals surface area contributed by atoms with Crippen molar-refractivity contribution < 1.29 is 0 Å². The van der Waals surface area contributed by atoms with E-state index in [9.17, 15) is 14.9 Å². The highest BCUT2D eigenvalue weighted by atomic mass is 16.2. The fourth-order valence-corrected chi connectivity index (χ4v) is 3.88. The first-order valence-electron chi connectivity index (χ1n) is 8.31. The molecule has 3 aromatic rings. The van der Waals surface area contributed by atoms with Gasteiger partial charge in [-0.2, -0.15) is 5.26 Å². The maximum atomic E-state index is 12.6. The molecule has 0 radical (unpaired) electrons. The second-order valence-corrected chi connectivity index (χ2v) is 6.40. The Bertz CT molecular complexity index is 1100. The number of H-pyrrole nitrogens is 1. The smallest absolute Gasteiger partial charge is 0.316 e. The van der Waals surface area contributed by atoms with Gasteiger partial charge in [0.25, 0.3) is 0 Å². The summed E-state index contributed by atoms with van der Waals surface area (Å²) in [6.07, 6.45) is 5.13. The fraction of sp³-hybridized carbons (Fsp3) is 0.316. The van der Waals surface area contributed by atoms with Crippen molar-refractivity contribution in [2.75, 3.05) is 0 Å². The number of nitrogens with one attached hydrogen (secondary N) is 1. The van der Waals surface area contributed by atoms with E-state index in [0.717, 1.165) is 42.0 Å². The van der Waals surface area contributed by atoms with Crippen LogP contribution in [0.15, 0.2) is 39.9 Å². The molecule has 5 nitrogen and oxygen atoms in total. The molecule has 1 heterocycles. The molecular formula is C19H17N3O2. The Labute approximate surface area is 138 Å². The van der Waals surface area contributed by atoms with Gasteiger partial charge in [0.2, 0.25) is 0 Å². The van der Waals surface area contributed by atoms with Crippen LogP contribution in [0.1, 0.15) is 43.7 Å². The van der Waals surface area contributed by atoms with Crippen molar-refractivity contribution in [1.82, 2.24) is 9.55 Å². The maximum absolute atomic E-state index is 12.6. The Kier molecular flexibility index (Phi) is 3.46. The van der Waals surface area contributed by atoms with Gasteiger partial charge >= 0.3 is 11.1 Å². The van der Waals surface area contributed by atoms with Gasteiger partial charge in [-0.05, 0) is 18.9 Å². The number of hydrogen-bond acceptors (Lipinski definition) is 3. The topological polar surface area (TPSA) is 78.7 Å². The molecule has 0 unspecified atom stereocenters. The molecule has 24 heavy (non-hydrogen) atoms. The van der Waals surface area contributed by atoms with Gasteiger partial charge in [0.05, 0.1) is 22.7 Å². The third kappa shape index (κ3) is 2.15. The van der Waals surface area contributed by atoms with Crippen LogP contribution in [0, 0.1) is 11.3 Å². The number of aromatic amines is 1. The normalized spacial score (nSPS) is 15.6. The fourth-order valence-electron chi connectivity index (χ4n) is 3.88. The number of nitrogens with zero attached hydrogens (tertiary/aromatic N) is 2. The second-order valence-electron chi connectivity index (χ2n) is 6.40. The zero-order valence-electron chi connectivity index (χ0n) is 13.2. The molecule has 4 rings (SSSR count). The van der Waals surface area contributed by atoms with E-state index in [4.69, 9.17) is 0 Å². The van der Waals surface area contributed by atoms with Crippen LogP contribution in [0.4, 0.5) is 0 Å². The van der Waals surface area contributed by atoms with Gasteiger partial charge in [0.1, 0.15) is 0 Å². The average Bonchev–Trinajstić information content (AvgIpc) is 2.63. The van der Waals surface area contributed by atoms with Gasteiger partial charge in [0.15, 0.2) is 0 Å². The zero-order chi connectivity index (χ0) is 16.7. The Morgan fingerprint density at radius 2 is 1.79 bits per heavy atom. The van der Waals surface area contributed by atoms with Crippen molar-refractivity contribution in [1.29, 1.82) is 5.26 Å². The number of fused-ring (bicyclic) bond motifs is 3. The predicted molar refractivity (Wildman–Crippen MR) is 93.2 cm³/mol. The van der Waals surface area contributed by atoms with Gasteiger partial charge in [0, 0.05) is 16.8 Å². The highest BCUT2D eigenvalue weighted by Crippen LogP contribution is 2.32. The van der Waals surface area contributed by atoms with Crippen LogP contribution in [0.2, 0.25) is 0 Å². The molecule has 5 heteroatoms. The van der Waals surface area contributed by atoms with E-state index in [1.807, 2.05) is 24.3 Å². The van der Waals surface area contributed by atoms with Crippen LogP contribution in [0.5, 0.6) is 0 Å². The summed E-state index contributed by atoms with van der Waals surface area (Å²) in [5.74, 6) is 0. The molecule has 1 aliphatic rings. The van der Waals surface area contributed by atoms with Crippen molar-refractivity contribution in [3.05, 3.63) is 56.6 Å². The minimum Gasteiger partial charge on any atom is -0.316 e. The predicted octanol–water partition coefficient (Wildman–Crippen LogP) is 3.22. The average molecular weight is 319 g/mol. The van der Waals surface area contributed by atoms with Gasteiger partial charge in [-0.1, -0.05) is 43.5 Å². The first-order valence-corrected chi connectivity index (χ1v) is 8.31. The molecule has 0 spiro atoms. The molecule has 120 valence electrons. The third-order valence-corrected chi connectivity index (χ3v) is 4.98. The number of benzene rings is 2. The summed E-state index contributed by atoms with van der Waals surface area (Å²) in [6, 6.07) is 11.5. The summed E-state index contributed by atoms with van der Waals surface area (Å²) in [7, 11) is 0. The lowest BCUT2D eigenvalue weighted by Gasteiger charge is -2.25. The van der Waals surface area contributed by atoms with Crippen molar-refractivity contribution in [3.8, 4) is 6.07 Å². The van der Waals surface area contributed by atoms with Crippen molar-refractivity contribution >= 4 is 21.8 Å². The van der Waals surface area contributed by atoms with Gasteiger partial charge in [-0.15, -0.1) is 0 Å². The first kappa shape index (κ1) is 14.7. The summed E-state index contributed by atoms with van der Waals surface area (Å²) in [6.45, 7) is 0. The van der Waals surface area contributed by atoms with E-state index in [1.165, 1.54) is 6.42 Å². The maximum Gasteiger partial charge on any atom is 0.317 e. The largest absolute Gasteiger partial charge is 0.317 e. The Morgan fingerprint density at radius 3 is 2.50 bits per heavy atom. The van der Waals surface area contributed by atoms with E-state index in [1.54, 1.807) is 10.6 Å². The van der Waals surface area contributed by atoms with Gasteiger partial charge < -0.3 is 4.98 Å². The molecular weight excluding hydrogens is 302 g/mol. The third-order valence-electron chi connectivity index (χ3n) is 4.98. The molecule has 0 saturated heterocycles. The standard InChI is InChI=1S/C19H17N3O2/c20-11-12-10-16-17(15-9-5-4-8-14(12)15)22(19(24)18(23)21-16)13-6-2-1-3-7-13/h4-5,8-10,13H,1-3,6-7H2,(H,21,23). The Balaban J connectivity index is 2.20. The summed E-state index contributed by atoms with van der Waals surface area (Å²) in [5.41, 5.74) is 0.681. The van der Waals surface area contributed by atoms with E-state index >= 15 is 0 Å². The lowest BCUT2D eigenvalue weighted by Crippen LogP contribution is -2.39. The molecule has 0 bridgehead atoms. The zero-order valence-corrected chi connectivity index (χ0v) is 13.2. The Morgan fingerprint density at radius 1 is 1.08 bits per heavy atom. The SMILES string of the molecule is N#Cc1cc2[nH]c(=O)c(=O)n(C3CCCCC3)c2c2ccccc12. The summed E-state index contributed by atoms with van der Waals surface area (Å²) >= 11 is 0. The monoisotopic (exact) mass is 319 g/mol. The molecule has 1 saturated carbocycles. The van der Waals surface area contributed by atoms with Crippen LogP contribution in [-0.4, -0.2) is 9.55 Å². The summed E-state index contributed by atoms with van der Waals surface area (Å²) < 4.78 is 1.68. The number of nitriles is 1. The lowest BCUT2D eigenvalue weighted by molar-refractivity contribution is 0.353. The lowest BCUT2D eigenvalue weighted by atomic mass is 9.94. The highest BCUT2D eigenvalue weighted by Gasteiger charge is 2.22. The van der Waals surface area contributed by atoms with Crippen molar-refractivity contribution in [2.24, 2.45) is 0 Å². The number of hydrogen-bond donors (Lipinski definition) is 1. The van der Waals surface area contributed by atoms with Crippen molar-refractivity contribution in [3.63, 3.8) is 0 Å². The molecule has 0 atom stereocenters. The van der Waals surface area contributed by atoms with E-state index in [-0.39, 0.29) is 6.04 Å². The van der Waals surface area contributed by atoms with Gasteiger partial charge in [-0.3, -0.25) is 14.2 Å². The second kappa shape index (κ2) is 5.64. The Hall–Kier alpha value is -2.87. The van der Waals surface area contributed by atoms with Crippen molar-refractivity contribution in [2.45, 2.75) is 38.1 Å². The molecule has 1 aliphatic carbocycles. The quantitative estimate of drug-likeness (QED) is 0.552. The minimum atomic E-state index is -0.618. The van der Waals surface area contributed by atoms with E-state index in [2.05, 4.69) is 11.1 Å². The molecule has 0 amide bonds. The van der Waals surface area contributed by atoms with E-state index in [0.29, 0.717) is 11.1 Å². The van der Waals surface area contributed by atoms with Crippen LogP contribution in [0.3, 0.4) is 0 Å².